The molecule has 1 aliphatic carbocycles. The number of aromatic nitrogens is 2. The molecule has 1 aromatic heterocycles. The van der Waals surface area contributed by atoms with E-state index in [4.69, 9.17) is 4.74 Å². The first kappa shape index (κ1) is 13.1. The smallest absolute Gasteiger partial charge is 0.219 e. The van der Waals surface area contributed by atoms with Gasteiger partial charge < -0.3 is 10.1 Å². The topological polar surface area (TPSA) is 47.0 Å². The Labute approximate surface area is 109 Å². The minimum absolute atomic E-state index is 0.225. The van der Waals surface area contributed by atoms with Gasteiger partial charge in [-0.2, -0.15) is 4.98 Å². The third-order valence-corrected chi connectivity index (χ3v) is 2.63. The van der Waals surface area contributed by atoms with E-state index < -0.39 is 0 Å². The largest absolute Gasteiger partial charge is 0.472 e. The molecule has 0 aromatic carbocycles. The lowest BCUT2D eigenvalue weighted by atomic mass is 10.2. The van der Waals surface area contributed by atoms with Crippen LogP contribution in [0.1, 0.15) is 58.7 Å². The molecule has 1 fully saturated rings. The Morgan fingerprint density at radius 1 is 1.33 bits per heavy atom. The standard InChI is InChI=1S/C14H23N3O/c1-5-8-15-11-9-12(18-14(2,3)4)17-13(16-11)10-6-7-10/h9-10H,5-8H2,1-4H3,(H,15,16,17). The van der Waals surface area contributed by atoms with Crippen LogP contribution >= 0.6 is 0 Å². The summed E-state index contributed by atoms with van der Waals surface area (Å²) in [6.45, 7) is 9.17. The van der Waals surface area contributed by atoms with Gasteiger partial charge in [0.15, 0.2) is 0 Å². The van der Waals surface area contributed by atoms with Crippen molar-refractivity contribution in [1.29, 1.82) is 0 Å². The van der Waals surface area contributed by atoms with Gasteiger partial charge in [0.05, 0.1) is 0 Å². The first-order chi connectivity index (χ1) is 8.48. The van der Waals surface area contributed by atoms with Gasteiger partial charge in [-0.25, -0.2) is 4.98 Å². The van der Waals surface area contributed by atoms with Crippen molar-refractivity contribution in [2.24, 2.45) is 0 Å². The molecular formula is C14H23N3O. The SMILES string of the molecule is CCCNc1cc(OC(C)(C)C)nc(C2CC2)n1. The third kappa shape index (κ3) is 3.86. The van der Waals surface area contributed by atoms with E-state index in [1.54, 1.807) is 0 Å². The Morgan fingerprint density at radius 3 is 2.61 bits per heavy atom. The molecule has 0 aliphatic heterocycles. The van der Waals surface area contributed by atoms with Crippen molar-refractivity contribution in [2.75, 3.05) is 11.9 Å². The van der Waals surface area contributed by atoms with Gasteiger partial charge in [-0.05, 0) is 40.0 Å². The molecule has 0 unspecified atom stereocenters. The highest BCUT2D eigenvalue weighted by Crippen LogP contribution is 2.39. The van der Waals surface area contributed by atoms with Gasteiger partial charge >= 0.3 is 0 Å². The van der Waals surface area contributed by atoms with Gasteiger partial charge in [-0.3, -0.25) is 0 Å². The first-order valence-electron chi connectivity index (χ1n) is 6.80. The summed E-state index contributed by atoms with van der Waals surface area (Å²) in [6.07, 6.45) is 3.48. The second kappa shape index (κ2) is 5.12. The lowest BCUT2D eigenvalue weighted by molar-refractivity contribution is 0.123. The summed E-state index contributed by atoms with van der Waals surface area (Å²) in [5.41, 5.74) is -0.225. The fourth-order valence-electron chi connectivity index (χ4n) is 1.68. The highest BCUT2D eigenvalue weighted by molar-refractivity contribution is 5.39. The van der Waals surface area contributed by atoms with Crippen molar-refractivity contribution >= 4 is 5.82 Å². The zero-order valence-corrected chi connectivity index (χ0v) is 11.8. The maximum absolute atomic E-state index is 5.85. The van der Waals surface area contributed by atoms with E-state index in [0.717, 1.165) is 24.6 Å². The maximum Gasteiger partial charge on any atom is 0.219 e. The van der Waals surface area contributed by atoms with Crippen LogP contribution in [0, 0.1) is 0 Å². The molecule has 0 atom stereocenters. The van der Waals surface area contributed by atoms with Gasteiger partial charge in [0, 0.05) is 18.5 Å². The lowest BCUT2D eigenvalue weighted by Gasteiger charge is -2.21. The van der Waals surface area contributed by atoms with Crippen LogP contribution in [0.3, 0.4) is 0 Å². The molecule has 0 saturated heterocycles. The maximum atomic E-state index is 5.85. The first-order valence-corrected chi connectivity index (χ1v) is 6.80. The molecule has 1 aromatic rings. The predicted octanol–water partition coefficient (Wildman–Crippen LogP) is 3.35. The van der Waals surface area contributed by atoms with Crippen LogP contribution in [0.2, 0.25) is 0 Å². The van der Waals surface area contributed by atoms with E-state index in [9.17, 15) is 0 Å². The average Bonchev–Trinajstić information content (AvgIpc) is 3.07. The molecule has 4 heteroatoms. The molecule has 1 N–H and O–H groups in total. The van der Waals surface area contributed by atoms with Crippen molar-refractivity contribution in [3.8, 4) is 5.88 Å². The number of hydrogen-bond acceptors (Lipinski definition) is 4. The summed E-state index contributed by atoms with van der Waals surface area (Å²) in [7, 11) is 0. The van der Waals surface area contributed by atoms with E-state index >= 15 is 0 Å². The summed E-state index contributed by atoms with van der Waals surface area (Å²) in [4.78, 5) is 9.08. The molecule has 1 aliphatic rings. The van der Waals surface area contributed by atoms with E-state index in [-0.39, 0.29) is 5.60 Å². The lowest BCUT2D eigenvalue weighted by Crippen LogP contribution is -2.24. The van der Waals surface area contributed by atoms with E-state index in [1.807, 2.05) is 26.8 Å². The Balaban J connectivity index is 2.19. The molecule has 18 heavy (non-hydrogen) atoms. The second-order valence-electron chi connectivity index (χ2n) is 5.87. The zero-order valence-electron chi connectivity index (χ0n) is 11.8. The van der Waals surface area contributed by atoms with Crippen molar-refractivity contribution in [2.45, 2.75) is 58.5 Å². The highest BCUT2D eigenvalue weighted by atomic mass is 16.5. The minimum atomic E-state index is -0.225. The molecule has 0 bridgehead atoms. The van der Waals surface area contributed by atoms with Crippen molar-refractivity contribution in [1.82, 2.24) is 9.97 Å². The number of nitrogens with zero attached hydrogens (tertiary/aromatic N) is 2. The number of rotatable bonds is 5. The van der Waals surface area contributed by atoms with Crippen LogP contribution in [-0.4, -0.2) is 22.1 Å². The van der Waals surface area contributed by atoms with Crippen molar-refractivity contribution in [3.05, 3.63) is 11.9 Å². The van der Waals surface area contributed by atoms with Gasteiger partial charge in [-0.1, -0.05) is 6.92 Å². The Hall–Kier alpha value is -1.32. The Morgan fingerprint density at radius 2 is 2.06 bits per heavy atom. The van der Waals surface area contributed by atoms with Gasteiger partial charge in [0.1, 0.15) is 17.2 Å². The third-order valence-electron chi connectivity index (χ3n) is 2.63. The number of anilines is 1. The molecule has 2 rings (SSSR count). The second-order valence-corrected chi connectivity index (χ2v) is 5.87. The molecule has 1 saturated carbocycles. The van der Waals surface area contributed by atoms with Crippen LogP contribution in [0.4, 0.5) is 5.82 Å². The van der Waals surface area contributed by atoms with Crippen molar-refractivity contribution < 1.29 is 4.74 Å². The molecule has 0 radical (unpaired) electrons. The van der Waals surface area contributed by atoms with Crippen LogP contribution in [0.5, 0.6) is 5.88 Å². The summed E-state index contributed by atoms with van der Waals surface area (Å²) in [6, 6.07) is 1.90. The van der Waals surface area contributed by atoms with Crippen LogP contribution in [-0.2, 0) is 0 Å². The molecular weight excluding hydrogens is 226 g/mol. The summed E-state index contributed by atoms with van der Waals surface area (Å²) in [5.74, 6) is 3.03. The fourth-order valence-corrected chi connectivity index (χ4v) is 1.68. The van der Waals surface area contributed by atoms with E-state index in [0.29, 0.717) is 11.8 Å². The highest BCUT2D eigenvalue weighted by Gasteiger charge is 2.28. The normalized spacial score (nSPS) is 15.6. The Kier molecular flexibility index (Phi) is 3.73. The quantitative estimate of drug-likeness (QED) is 0.869. The monoisotopic (exact) mass is 249 g/mol. The summed E-state index contributed by atoms with van der Waals surface area (Å²) < 4.78 is 5.85. The summed E-state index contributed by atoms with van der Waals surface area (Å²) >= 11 is 0. The zero-order chi connectivity index (χ0) is 13.2. The predicted molar refractivity (Wildman–Crippen MR) is 73.2 cm³/mol. The van der Waals surface area contributed by atoms with E-state index in [1.165, 1.54) is 12.8 Å². The van der Waals surface area contributed by atoms with E-state index in [2.05, 4.69) is 22.2 Å². The van der Waals surface area contributed by atoms with Crippen LogP contribution in [0.25, 0.3) is 0 Å². The van der Waals surface area contributed by atoms with Gasteiger partial charge in [0.25, 0.3) is 0 Å². The van der Waals surface area contributed by atoms with Crippen molar-refractivity contribution in [3.63, 3.8) is 0 Å². The van der Waals surface area contributed by atoms with Gasteiger partial charge in [0.2, 0.25) is 5.88 Å². The Bertz CT molecular complexity index is 408. The average molecular weight is 249 g/mol. The molecule has 4 nitrogen and oxygen atoms in total. The number of ether oxygens (including phenoxy) is 1. The fraction of sp³-hybridized carbons (Fsp3) is 0.714. The van der Waals surface area contributed by atoms with Gasteiger partial charge in [-0.15, -0.1) is 0 Å². The van der Waals surface area contributed by atoms with Crippen LogP contribution < -0.4 is 10.1 Å². The molecule has 100 valence electrons. The van der Waals surface area contributed by atoms with Crippen LogP contribution in [0.15, 0.2) is 6.07 Å². The number of nitrogens with one attached hydrogen (secondary N) is 1. The summed E-state index contributed by atoms with van der Waals surface area (Å²) in [5, 5.41) is 3.31. The number of hydrogen-bond donors (Lipinski definition) is 1. The molecule has 0 spiro atoms. The molecule has 0 amide bonds. The molecule has 1 heterocycles. The minimum Gasteiger partial charge on any atom is -0.472 e.